The molecule has 5 nitrogen and oxygen atoms in total. The SMILES string of the molecule is CCCCCCNC(=NC)NCc1ccc(CS(C)(=O)=O)cc1. The first-order valence-corrected chi connectivity index (χ1v) is 10.2. The molecule has 0 aromatic heterocycles. The van der Waals surface area contributed by atoms with E-state index in [9.17, 15) is 8.42 Å². The van der Waals surface area contributed by atoms with Gasteiger partial charge in [-0.05, 0) is 17.5 Å². The van der Waals surface area contributed by atoms with Crippen LogP contribution in [0.25, 0.3) is 0 Å². The van der Waals surface area contributed by atoms with Crippen LogP contribution in [0, 0.1) is 0 Å². The number of nitrogens with zero attached hydrogens (tertiary/aromatic N) is 1. The highest BCUT2D eigenvalue weighted by atomic mass is 32.2. The van der Waals surface area contributed by atoms with Crippen LogP contribution >= 0.6 is 0 Å². The van der Waals surface area contributed by atoms with E-state index >= 15 is 0 Å². The number of sulfone groups is 1. The van der Waals surface area contributed by atoms with E-state index in [0.29, 0.717) is 6.54 Å². The summed E-state index contributed by atoms with van der Waals surface area (Å²) >= 11 is 0. The van der Waals surface area contributed by atoms with Crippen LogP contribution in [0.3, 0.4) is 0 Å². The van der Waals surface area contributed by atoms with Crippen molar-refractivity contribution in [3.05, 3.63) is 35.4 Å². The summed E-state index contributed by atoms with van der Waals surface area (Å²) < 4.78 is 22.5. The van der Waals surface area contributed by atoms with E-state index in [1.54, 1.807) is 7.05 Å². The van der Waals surface area contributed by atoms with Gasteiger partial charge in [0, 0.05) is 26.4 Å². The summed E-state index contributed by atoms with van der Waals surface area (Å²) in [5.74, 6) is 0.878. The van der Waals surface area contributed by atoms with Gasteiger partial charge in [0.15, 0.2) is 15.8 Å². The maximum atomic E-state index is 11.3. The molecule has 0 fully saturated rings. The molecule has 2 N–H and O–H groups in total. The van der Waals surface area contributed by atoms with E-state index < -0.39 is 9.84 Å². The minimum Gasteiger partial charge on any atom is -0.356 e. The second kappa shape index (κ2) is 10.3. The van der Waals surface area contributed by atoms with Crippen LogP contribution in [0.1, 0.15) is 43.7 Å². The molecule has 1 aromatic rings. The van der Waals surface area contributed by atoms with Crippen molar-refractivity contribution in [1.29, 1.82) is 0 Å². The summed E-state index contributed by atoms with van der Waals surface area (Å²) in [7, 11) is -1.22. The molecule has 0 aliphatic heterocycles. The van der Waals surface area contributed by atoms with Crippen molar-refractivity contribution in [1.82, 2.24) is 10.6 Å². The van der Waals surface area contributed by atoms with Gasteiger partial charge in [-0.3, -0.25) is 4.99 Å². The molecule has 0 radical (unpaired) electrons. The monoisotopic (exact) mass is 339 g/mol. The number of guanidine groups is 1. The van der Waals surface area contributed by atoms with Crippen molar-refractivity contribution in [2.75, 3.05) is 19.8 Å². The molecule has 0 aliphatic carbocycles. The van der Waals surface area contributed by atoms with Crippen molar-refractivity contribution in [3.63, 3.8) is 0 Å². The average Bonchev–Trinajstić information content (AvgIpc) is 2.50. The molecule has 6 heteroatoms. The lowest BCUT2D eigenvalue weighted by Crippen LogP contribution is -2.37. The highest BCUT2D eigenvalue weighted by Gasteiger charge is 2.04. The van der Waals surface area contributed by atoms with E-state index in [2.05, 4.69) is 22.5 Å². The first kappa shape index (κ1) is 19.5. The summed E-state index contributed by atoms with van der Waals surface area (Å²) in [6.07, 6.45) is 6.14. The van der Waals surface area contributed by atoms with Gasteiger partial charge >= 0.3 is 0 Å². The Hall–Kier alpha value is -1.56. The predicted molar refractivity (Wildman–Crippen MR) is 97.3 cm³/mol. The molecule has 0 spiro atoms. The number of hydrogen-bond acceptors (Lipinski definition) is 3. The molecule has 0 atom stereocenters. The van der Waals surface area contributed by atoms with Crippen molar-refractivity contribution >= 4 is 15.8 Å². The number of rotatable bonds is 9. The third kappa shape index (κ3) is 9.23. The van der Waals surface area contributed by atoms with Crippen LogP contribution in [0.5, 0.6) is 0 Å². The number of hydrogen-bond donors (Lipinski definition) is 2. The summed E-state index contributed by atoms with van der Waals surface area (Å²) in [6.45, 7) is 3.79. The fourth-order valence-corrected chi connectivity index (χ4v) is 3.02. The fourth-order valence-electron chi connectivity index (χ4n) is 2.22. The standard InChI is InChI=1S/C17H29N3O2S/c1-4-5-6-7-12-19-17(18-2)20-13-15-8-10-16(11-9-15)14-23(3,21)22/h8-11H,4-7,12-14H2,1-3H3,(H2,18,19,20). The molecule has 0 heterocycles. The zero-order valence-corrected chi connectivity index (χ0v) is 15.2. The second-order valence-corrected chi connectivity index (χ2v) is 7.94. The van der Waals surface area contributed by atoms with Gasteiger partial charge in [-0.15, -0.1) is 0 Å². The zero-order chi connectivity index (χ0) is 17.1. The van der Waals surface area contributed by atoms with Gasteiger partial charge < -0.3 is 10.6 Å². The van der Waals surface area contributed by atoms with Crippen LogP contribution in [0.15, 0.2) is 29.3 Å². The number of benzene rings is 1. The predicted octanol–water partition coefficient (Wildman–Crippen LogP) is 2.48. The van der Waals surface area contributed by atoms with E-state index in [0.717, 1.165) is 30.1 Å². The smallest absolute Gasteiger partial charge is 0.191 e. The van der Waals surface area contributed by atoms with Crippen LogP contribution in [0.4, 0.5) is 0 Å². The molecule has 130 valence electrons. The summed E-state index contributed by atoms with van der Waals surface area (Å²) in [5, 5.41) is 6.57. The highest BCUT2D eigenvalue weighted by Crippen LogP contribution is 2.07. The number of nitrogens with one attached hydrogen (secondary N) is 2. The van der Waals surface area contributed by atoms with Gasteiger partial charge in [-0.25, -0.2) is 8.42 Å². The molecule has 0 saturated heterocycles. The largest absolute Gasteiger partial charge is 0.356 e. The number of aliphatic imine (C=N–C) groups is 1. The molecule has 0 bridgehead atoms. The molecule has 1 aromatic carbocycles. The normalized spacial score (nSPS) is 12.2. The van der Waals surface area contributed by atoms with E-state index in [-0.39, 0.29) is 5.75 Å². The lowest BCUT2D eigenvalue weighted by Gasteiger charge is -2.12. The van der Waals surface area contributed by atoms with Crippen LogP contribution < -0.4 is 10.6 Å². The fraction of sp³-hybridized carbons (Fsp3) is 0.588. The Bertz CT molecular complexity index is 580. The molecular weight excluding hydrogens is 310 g/mol. The summed E-state index contributed by atoms with van der Waals surface area (Å²) in [6, 6.07) is 7.61. The van der Waals surface area contributed by atoms with Crippen LogP contribution in [-0.4, -0.2) is 34.2 Å². The van der Waals surface area contributed by atoms with Crippen molar-refractivity contribution < 1.29 is 8.42 Å². The molecule has 0 unspecified atom stereocenters. The maximum absolute atomic E-state index is 11.3. The molecule has 0 amide bonds. The van der Waals surface area contributed by atoms with Gasteiger partial charge in [0.05, 0.1) is 5.75 Å². The van der Waals surface area contributed by atoms with Crippen molar-refractivity contribution in [3.8, 4) is 0 Å². The van der Waals surface area contributed by atoms with Crippen molar-refractivity contribution in [2.45, 2.75) is 44.9 Å². The Balaban J connectivity index is 2.38. The topological polar surface area (TPSA) is 70.6 Å². The highest BCUT2D eigenvalue weighted by molar-refractivity contribution is 7.89. The molecule has 0 saturated carbocycles. The number of unbranched alkanes of at least 4 members (excludes halogenated alkanes) is 3. The Labute approximate surface area is 140 Å². The van der Waals surface area contributed by atoms with Crippen LogP contribution in [0.2, 0.25) is 0 Å². The third-order valence-electron chi connectivity index (χ3n) is 3.46. The third-order valence-corrected chi connectivity index (χ3v) is 4.32. The lowest BCUT2D eigenvalue weighted by atomic mass is 10.1. The van der Waals surface area contributed by atoms with Gasteiger partial charge in [-0.2, -0.15) is 0 Å². The van der Waals surface area contributed by atoms with E-state index in [4.69, 9.17) is 0 Å². The first-order chi connectivity index (χ1) is 10.9. The Morgan fingerprint density at radius 1 is 1.04 bits per heavy atom. The Morgan fingerprint density at radius 3 is 2.26 bits per heavy atom. The molecule has 1 rings (SSSR count). The maximum Gasteiger partial charge on any atom is 0.191 e. The molecular formula is C17H29N3O2S. The zero-order valence-electron chi connectivity index (χ0n) is 14.4. The van der Waals surface area contributed by atoms with Crippen LogP contribution in [-0.2, 0) is 22.1 Å². The van der Waals surface area contributed by atoms with Gasteiger partial charge in [-0.1, -0.05) is 50.5 Å². The van der Waals surface area contributed by atoms with Crippen molar-refractivity contribution in [2.24, 2.45) is 4.99 Å². The van der Waals surface area contributed by atoms with E-state index in [1.165, 1.54) is 25.5 Å². The summed E-state index contributed by atoms with van der Waals surface area (Å²) in [4.78, 5) is 4.20. The minimum atomic E-state index is -2.98. The first-order valence-electron chi connectivity index (χ1n) is 8.14. The molecule has 0 aliphatic rings. The quantitative estimate of drug-likeness (QED) is 0.412. The van der Waals surface area contributed by atoms with Gasteiger partial charge in [0.1, 0.15) is 0 Å². The van der Waals surface area contributed by atoms with Gasteiger partial charge in [0.2, 0.25) is 0 Å². The van der Waals surface area contributed by atoms with Gasteiger partial charge in [0.25, 0.3) is 0 Å². The lowest BCUT2D eigenvalue weighted by molar-refractivity contribution is 0.601. The van der Waals surface area contributed by atoms with E-state index in [1.807, 2.05) is 24.3 Å². The summed E-state index contributed by atoms with van der Waals surface area (Å²) in [5.41, 5.74) is 1.91. The minimum absolute atomic E-state index is 0.0850. The molecule has 23 heavy (non-hydrogen) atoms. The second-order valence-electron chi connectivity index (χ2n) is 5.80. The average molecular weight is 340 g/mol. The Kier molecular flexibility index (Phi) is 8.69. The Morgan fingerprint density at radius 2 is 1.70 bits per heavy atom.